The van der Waals surface area contributed by atoms with Crippen molar-refractivity contribution >= 4 is 23.5 Å². The van der Waals surface area contributed by atoms with Crippen molar-refractivity contribution in [3.05, 3.63) is 23.3 Å². The zero-order valence-corrected chi connectivity index (χ0v) is 29.2. The maximum Gasteiger partial charge on any atom is 0.317 e. The zero-order chi connectivity index (χ0) is 32.9. The number of ether oxygens (including phenoxy) is 2. The van der Waals surface area contributed by atoms with Gasteiger partial charge in [-0.15, -0.1) is 0 Å². The van der Waals surface area contributed by atoms with Crippen molar-refractivity contribution in [1.82, 2.24) is 0 Å². The Balaban J connectivity index is 0.880. The molecule has 0 heterocycles. The molecule has 47 heavy (non-hydrogen) atoms. The summed E-state index contributed by atoms with van der Waals surface area (Å²) in [5, 5.41) is 0. The predicted octanol–water partition coefficient (Wildman–Crippen LogP) is 8.26. The van der Waals surface area contributed by atoms with E-state index in [1.165, 1.54) is 11.1 Å². The number of carbonyl (C=O) groups is 4. The van der Waals surface area contributed by atoms with Crippen molar-refractivity contribution in [2.24, 2.45) is 57.2 Å². The van der Waals surface area contributed by atoms with Gasteiger partial charge in [0, 0.05) is 23.7 Å². The van der Waals surface area contributed by atoms with Crippen molar-refractivity contribution in [3.8, 4) is 0 Å². The second kappa shape index (κ2) is 11.1. The molecular weight excluding hydrogens is 588 g/mol. The molecule has 6 heteroatoms. The van der Waals surface area contributed by atoms with Crippen molar-refractivity contribution < 1.29 is 28.7 Å². The summed E-state index contributed by atoms with van der Waals surface area (Å²) in [7, 11) is 0. The van der Waals surface area contributed by atoms with Crippen LogP contribution < -0.4 is 0 Å². The molecule has 0 amide bonds. The van der Waals surface area contributed by atoms with Gasteiger partial charge in [0.2, 0.25) is 0 Å². The van der Waals surface area contributed by atoms with Crippen LogP contribution in [0.4, 0.5) is 0 Å². The monoisotopic (exact) mass is 644 g/mol. The first kappa shape index (κ1) is 32.0. The van der Waals surface area contributed by atoms with E-state index in [9.17, 15) is 19.2 Å². The van der Waals surface area contributed by atoms with Crippen LogP contribution in [0.1, 0.15) is 137 Å². The molecule has 8 aliphatic rings. The van der Waals surface area contributed by atoms with Gasteiger partial charge in [0.15, 0.2) is 11.6 Å². The summed E-state index contributed by atoms with van der Waals surface area (Å²) in [6.07, 6.45) is 19.2. The van der Waals surface area contributed by atoms with Gasteiger partial charge in [0.1, 0.15) is 18.6 Å². The van der Waals surface area contributed by atoms with Gasteiger partial charge in [0.05, 0.1) is 0 Å². The first-order chi connectivity index (χ1) is 22.3. The number of ketones is 2. The fourth-order valence-corrected chi connectivity index (χ4v) is 13.9. The summed E-state index contributed by atoms with van der Waals surface area (Å²) < 4.78 is 12.4. The van der Waals surface area contributed by atoms with Crippen LogP contribution in [-0.4, -0.2) is 35.7 Å². The minimum absolute atomic E-state index is 0.0507. The molecule has 6 nitrogen and oxygen atoms in total. The lowest BCUT2D eigenvalue weighted by Gasteiger charge is -2.57. The Hall–Kier alpha value is -2.24. The maximum atomic E-state index is 13.3. The number of hydrogen-bond acceptors (Lipinski definition) is 6. The Morgan fingerprint density at radius 1 is 0.574 bits per heavy atom. The average molecular weight is 645 g/mol. The average Bonchev–Trinajstić information content (AvgIpc) is 3.53. The van der Waals surface area contributed by atoms with Gasteiger partial charge >= 0.3 is 11.9 Å². The number of esters is 2. The van der Waals surface area contributed by atoms with E-state index in [4.69, 9.17) is 9.47 Å². The van der Waals surface area contributed by atoms with Crippen molar-refractivity contribution in [1.29, 1.82) is 0 Å². The Morgan fingerprint density at radius 2 is 1.00 bits per heavy atom. The fraction of sp³-hybridized carbons (Fsp3) is 0.805. The van der Waals surface area contributed by atoms with Crippen LogP contribution >= 0.6 is 0 Å². The van der Waals surface area contributed by atoms with E-state index in [1.807, 2.05) is 12.2 Å². The van der Waals surface area contributed by atoms with E-state index in [-0.39, 0.29) is 40.3 Å². The summed E-state index contributed by atoms with van der Waals surface area (Å²) in [6.45, 7) is 9.48. The van der Waals surface area contributed by atoms with E-state index in [1.54, 1.807) is 0 Å². The fourth-order valence-electron chi connectivity index (χ4n) is 13.9. The quantitative estimate of drug-likeness (QED) is 0.226. The minimum atomic E-state index is -0.426. The van der Waals surface area contributed by atoms with Crippen molar-refractivity contribution in [2.45, 2.75) is 149 Å². The molecule has 8 aliphatic carbocycles. The summed E-state index contributed by atoms with van der Waals surface area (Å²) in [5.41, 5.74) is 2.94. The van der Waals surface area contributed by atoms with Crippen LogP contribution in [0.15, 0.2) is 23.3 Å². The number of fused-ring (bicyclic) bond motifs is 10. The standard InChI is InChI=1S/C41H56O6/c1-38-17-13-26(42)21-24(38)5-7-28-30-9-11-34(40(30,3)19-15-32(28)38)46-36(44)23-37(45)47-35-12-10-31-29-8-6-25-22-27(43)14-18-39(25,2)33(29)16-20-41(31,35)4/h21-22,28-35H,5-20,23H2,1-4H3. The molecule has 0 spiro atoms. The first-order valence-corrected chi connectivity index (χ1v) is 19.2. The van der Waals surface area contributed by atoms with Crippen LogP contribution in [0.2, 0.25) is 0 Å². The molecule has 0 bridgehead atoms. The molecule has 0 radical (unpaired) electrons. The Labute approximate surface area is 281 Å². The van der Waals surface area contributed by atoms with Crippen LogP contribution in [0.5, 0.6) is 0 Å². The van der Waals surface area contributed by atoms with E-state index in [2.05, 4.69) is 27.7 Å². The van der Waals surface area contributed by atoms with Gasteiger partial charge in [-0.3, -0.25) is 19.2 Å². The van der Waals surface area contributed by atoms with Gasteiger partial charge in [-0.25, -0.2) is 0 Å². The Morgan fingerprint density at radius 3 is 1.43 bits per heavy atom. The van der Waals surface area contributed by atoms with Gasteiger partial charge in [0.25, 0.3) is 0 Å². The molecule has 0 saturated heterocycles. The van der Waals surface area contributed by atoms with Gasteiger partial charge in [-0.1, -0.05) is 38.8 Å². The highest BCUT2D eigenvalue weighted by Crippen LogP contribution is 2.67. The van der Waals surface area contributed by atoms with Gasteiger partial charge in [-0.2, -0.15) is 0 Å². The molecule has 6 fully saturated rings. The lowest BCUT2D eigenvalue weighted by molar-refractivity contribution is -0.171. The second-order valence-electron chi connectivity index (χ2n) is 18.3. The van der Waals surface area contributed by atoms with Crippen LogP contribution in [-0.2, 0) is 28.7 Å². The SMILES string of the molecule is CC12CCC(=O)C=C1CCC1C2CCC2(C)C(OC(=O)CC(=O)OC3CCC4C5CCC6=CC(=O)CCC6(C)C5CCC34C)CCC12. The highest BCUT2D eigenvalue weighted by atomic mass is 16.6. The highest BCUT2D eigenvalue weighted by molar-refractivity contribution is 5.92. The topological polar surface area (TPSA) is 86.7 Å². The number of allylic oxidation sites excluding steroid dienone is 2. The van der Waals surface area contributed by atoms with Gasteiger partial charge in [-0.05, 0) is 148 Å². The third kappa shape index (κ3) is 4.83. The molecule has 256 valence electrons. The zero-order valence-electron chi connectivity index (χ0n) is 29.2. The number of hydrogen-bond donors (Lipinski definition) is 0. The highest BCUT2D eigenvalue weighted by Gasteiger charge is 2.61. The molecule has 6 saturated carbocycles. The van der Waals surface area contributed by atoms with Crippen molar-refractivity contribution in [3.63, 3.8) is 0 Å². The number of carbonyl (C=O) groups excluding carboxylic acids is 4. The van der Waals surface area contributed by atoms with E-state index in [0.29, 0.717) is 59.9 Å². The summed E-state index contributed by atoms with van der Waals surface area (Å²) in [6, 6.07) is 0. The maximum absolute atomic E-state index is 13.3. The third-order valence-corrected chi connectivity index (χ3v) is 16.6. The molecule has 0 aromatic carbocycles. The van der Waals surface area contributed by atoms with E-state index < -0.39 is 11.9 Å². The second-order valence-corrected chi connectivity index (χ2v) is 18.3. The van der Waals surface area contributed by atoms with E-state index in [0.717, 1.165) is 89.9 Å². The van der Waals surface area contributed by atoms with Gasteiger partial charge < -0.3 is 9.47 Å². The predicted molar refractivity (Wildman–Crippen MR) is 178 cm³/mol. The first-order valence-electron chi connectivity index (χ1n) is 19.2. The minimum Gasteiger partial charge on any atom is -0.461 e. The molecular formula is C41H56O6. The normalized spacial score (nSPS) is 48.4. The molecule has 8 rings (SSSR count). The smallest absolute Gasteiger partial charge is 0.317 e. The Kier molecular flexibility index (Phi) is 7.58. The lowest BCUT2D eigenvalue weighted by atomic mass is 9.47. The van der Waals surface area contributed by atoms with Crippen molar-refractivity contribution in [2.75, 3.05) is 0 Å². The molecule has 0 aromatic rings. The van der Waals surface area contributed by atoms with Crippen LogP contribution in [0.3, 0.4) is 0 Å². The van der Waals surface area contributed by atoms with Crippen LogP contribution in [0.25, 0.3) is 0 Å². The molecule has 0 aromatic heterocycles. The third-order valence-electron chi connectivity index (χ3n) is 16.6. The molecule has 0 N–H and O–H groups in total. The largest absolute Gasteiger partial charge is 0.461 e. The number of rotatable bonds is 4. The summed E-state index contributed by atoms with van der Waals surface area (Å²) in [5.74, 6) is 3.22. The summed E-state index contributed by atoms with van der Waals surface area (Å²) >= 11 is 0. The molecule has 0 aliphatic heterocycles. The molecule has 12 unspecified atom stereocenters. The lowest BCUT2D eigenvalue weighted by Crippen LogP contribution is -2.52. The van der Waals surface area contributed by atoms with Crippen LogP contribution in [0, 0.1) is 57.2 Å². The molecule has 12 atom stereocenters. The Bertz CT molecular complexity index is 1330. The van der Waals surface area contributed by atoms with E-state index >= 15 is 0 Å². The summed E-state index contributed by atoms with van der Waals surface area (Å²) in [4.78, 5) is 51.0.